The van der Waals surface area contributed by atoms with E-state index in [1.165, 1.54) is 12.2 Å². The van der Waals surface area contributed by atoms with Crippen LogP contribution in [0.2, 0.25) is 0 Å². The van der Waals surface area contributed by atoms with Crippen LogP contribution < -0.4 is 0 Å². The maximum Gasteiger partial charge on any atom is 0.270 e. The van der Waals surface area contributed by atoms with E-state index in [-0.39, 0.29) is 17.4 Å². The summed E-state index contributed by atoms with van der Waals surface area (Å²) in [6, 6.07) is 0. The average molecular weight is 159 g/mol. The molecule has 0 N–H and O–H groups in total. The molecule has 1 heterocycles. The summed E-state index contributed by atoms with van der Waals surface area (Å²) in [5.74, 6) is -0.573. The van der Waals surface area contributed by atoms with Crippen LogP contribution in [0.4, 0.5) is 0 Å². The quantitative estimate of drug-likeness (QED) is 0.485. The van der Waals surface area contributed by atoms with Crippen LogP contribution in [0.15, 0.2) is 40.9 Å². The number of carbonyl (C=O) groups is 2. The number of amides is 1. The third kappa shape index (κ3) is 0.955. The van der Waals surface area contributed by atoms with Crippen LogP contribution in [-0.4, -0.2) is 17.4 Å². The molecule has 2 rings (SSSR count). The molecule has 1 aliphatic heterocycles. The van der Waals surface area contributed by atoms with E-state index in [4.69, 9.17) is 0 Å². The fraction of sp³-hybridized carbons (Fsp3) is 0. The zero-order valence-corrected chi connectivity index (χ0v) is 6.15. The lowest BCUT2D eigenvalue weighted by molar-refractivity contribution is -0.114. The zero-order valence-electron chi connectivity index (χ0n) is 6.15. The first-order valence-electron chi connectivity index (χ1n) is 3.51. The van der Waals surface area contributed by atoms with Gasteiger partial charge in [-0.05, 0) is 12.2 Å². The second kappa shape index (κ2) is 2.37. The molecule has 0 bridgehead atoms. The van der Waals surface area contributed by atoms with Gasteiger partial charge in [0.05, 0.1) is 0 Å². The molecule has 0 saturated heterocycles. The van der Waals surface area contributed by atoms with E-state index < -0.39 is 0 Å². The van der Waals surface area contributed by atoms with Crippen molar-refractivity contribution >= 4 is 17.4 Å². The average Bonchev–Trinajstić information content (AvgIpc) is 2.07. The van der Waals surface area contributed by atoms with Crippen LogP contribution in [0, 0.1) is 0 Å². The van der Waals surface area contributed by atoms with E-state index >= 15 is 0 Å². The normalized spacial score (nSPS) is 20.3. The Hall–Kier alpha value is -1.77. The maximum atomic E-state index is 11.1. The SMILES string of the molecule is O=C1C=CC2=CC=CC(=O)C2=N1. The first kappa shape index (κ1) is 6.91. The number of carbonyl (C=O) groups excluding carboxylic acids is 2. The monoisotopic (exact) mass is 159 g/mol. The number of fused-ring (bicyclic) bond motifs is 1. The second-order valence-electron chi connectivity index (χ2n) is 2.48. The van der Waals surface area contributed by atoms with Gasteiger partial charge in [-0.2, -0.15) is 0 Å². The Balaban J connectivity index is 2.53. The molecule has 0 aromatic heterocycles. The van der Waals surface area contributed by atoms with Gasteiger partial charge in [-0.25, -0.2) is 4.99 Å². The molecule has 1 amide bonds. The third-order valence-corrected chi connectivity index (χ3v) is 1.66. The molecule has 0 spiro atoms. The Morgan fingerprint density at radius 2 is 1.92 bits per heavy atom. The Kier molecular flexibility index (Phi) is 1.37. The van der Waals surface area contributed by atoms with E-state index in [9.17, 15) is 9.59 Å². The predicted octanol–water partition coefficient (Wildman–Crippen LogP) is 0.589. The molecule has 0 fully saturated rings. The van der Waals surface area contributed by atoms with Gasteiger partial charge in [-0.3, -0.25) is 9.59 Å². The van der Waals surface area contributed by atoms with Gasteiger partial charge in [0.2, 0.25) is 5.78 Å². The van der Waals surface area contributed by atoms with Crippen LogP contribution in [0.5, 0.6) is 0 Å². The topological polar surface area (TPSA) is 46.5 Å². The van der Waals surface area contributed by atoms with Crippen molar-refractivity contribution in [1.82, 2.24) is 0 Å². The number of ketones is 1. The molecule has 0 radical (unpaired) electrons. The van der Waals surface area contributed by atoms with E-state index in [1.54, 1.807) is 18.2 Å². The summed E-state index contributed by atoms with van der Waals surface area (Å²) >= 11 is 0. The molecule has 12 heavy (non-hydrogen) atoms. The van der Waals surface area contributed by atoms with Crippen LogP contribution >= 0.6 is 0 Å². The van der Waals surface area contributed by atoms with Crippen molar-refractivity contribution in [2.75, 3.05) is 0 Å². The largest absolute Gasteiger partial charge is 0.288 e. The van der Waals surface area contributed by atoms with Crippen molar-refractivity contribution < 1.29 is 9.59 Å². The van der Waals surface area contributed by atoms with Gasteiger partial charge < -0.3 is 0 Å². The summed E-state index contributed by atoms with van der Waals surface area (Å²) in [4.78, 5) is 25.5. The fourth-order valence-electron chi connectivity index (χ4n) is 1.10. The van der Waals surface area contributed by atoms with Crippen molar-refractivity contribution in [3.63, 3.8) is 0 Å². The summed E-state index contributed by atoms with van der Waals surface area (Å²) in [6.07, 6.45) is 7.75. The second-order valence-corrected chi connectivity index (χ2v) is 2.48. The predicted molar refractivity (Wildman–Crippen MR) is 43.8 cm³/mol. The van der Waals surface area contributed by atoms with Crippen LogP contribution in [0.25, 0.3) is 0 Å². The molecular formula is C9H5NO2. The van der Waals surface area contributed by atoms with Gasteiger partial charge >= 0.3 is 0 Å². The Labute approximate surface area is 68.8 Å². The molecule has 0 aromatic rings. The van der Waals surface area contributed by atoms with Gasteiger partial charge in [0.25, 0.3) is 5.91 Å². The highest BCUT2D eigenvalue weighted by Crippen LogP contribution is 2.12. The van der Waals surface area contributed by atoms with Crippen LogP contribution in [0.1, 0.15) is 0 Å². The third-order valence-electron chi connectivity index (χ3n) is 1.66. The van der Waals surface area contributed by atoms with Crippen molar-refractivity contribution in [3.8, 4) is 0 Å². The Morgan fingerprint density at radius 1 is 1.08 bits per heavy atom. The van der Waals surface area contributed by atoms with Gasteiger partial charge in [0.1, 0.15) is 5.71 Å². The maximum absolute atomic E-state index is 11.1. The number of dihydropyridines is 1. The summed E-state index contributed by atoms with van der Waals surface area (Å²) in [7, 11) is 0. The smallest absolute Gasteiger partial charge is 0.270 e. The number of allylic oxidation sites excluding steroid dienone is 5. The highest BCUT2D eigenvalue weighted by molar-refractivity contribution is 6.53. The minimum absolute atomic E-state index is 0.204. The van der Waals surface area contributed by atoms with E-state index in [2.05, 4.69) is 4.99 Å². The zero-order chi connectivity index (χ0) is 8.55. The molecule has 58 valence electrons. The van der Waals surface area contributed by atoms with Crippen molar-refractivity contribution in [2.24, 2.45) is 4.99 Å². The molecule has 3 nitrogen and oxygen atoms in total. The number of nitrogens with zero attached hydrogens (tertiary/aromatic N) is 1. The lowest BCUT2D eigenvalue weighted by Gasteiger charge is -2.09. The minimum Gasteiger partial charge on any atom is -0.288 e. The van der Waals surface area contributed by atoms with E-state index in [1.807, 2.05) is 0 Å². The van der Waals surface area contributed by atoms with E-state index in [0.29, 0.717) is 5.57 Å². The summed E-state index contributed by atoms with van der Waals surface area (Å²) in [6.45, 7) is 0. The number of hydrogen-bond donors (Lipinski definition) is 0. The minimum atomic E-state index is -0.370. The number of aliphatic imine (C=N–C) groups is 1. The van der Waals surface area contributed by atoms with Crippen molar-refractivity contribution in [3.05, 3.63) is 36.0 Å². The molecule has 2 aliphatic rings. The van der Waals surface area contributed by atoms with Crippen molar-refractivity contribution in [1.29, 1.82) is 0 Å². The highest BCUT2D eigenvalue weighted by atomic mass is 16.1. The summed E-state index contributed by atoms with van der Waals surface area (Å²) in [5.41, 5.74) is 0.965. The Bertz CT molecular complexity index is 383. The molecule has 0 atom stereocenters. The molecule has 0 aromatic carbocycles. The molecule has 0 unspecified atom stereocenters. The highest BCUT2D eigenvalue weighted by Gasteiger charge is 2.18. The Morgan fingerprint density at radius 3 is 2.75 bits per heavy atom. The van der Waals surface area contributed by atoms with Gasteiger partial charge in [0.15, 0.2) is 0 Å². The summed E-state index contributed by atoms with van der Waals surface area (Å²) in [5, 5.41) is 0. The number of rotatable bonds is 0. The lowest BCUT2D eigenvalue weighted by Crippen LogP contribution is -2.19. The summed E-state index contributed by atoms with van der Waals surface area (Å²) < 4.78 is 0. The first-order valence-corrected chi connectivity index (χ1v) is 3.51. The van der Waals surface area contributed by atoms with Crippen LogP contribution in [-0.2, 0) is 9.59 Å². The standard InChI is InChI=1S/C9H5NO2/c11-7-3-1-2-6-4-5-8(12)10-9(6)7/h1-5H. The number of hydrogen-bond acceptors (Lipinski definition) is 2. The molecular weight excluding hydrogens is 154 g/mol. The molecule has 1 aliphatic carbocycles. The van der Waals surface area contributed by atoms with Gasteiger partial charge in [-0.1, -0.05) is 12.2 Å². The lowest BCUT2D eigenvalue weighted by atomic mass is 9.99. The molecule has 3 heteroatoms. The van der Waals surface area contributed by atoms with Crippen LogP contribution in [0.3, 0.4) is 0 Å². The van der Waals surface area contributed by atoms with Gasteiger partial charge in [-0.15, -0.1) is 0 Å². The van der Waals surface area contributed by atoms with Gasteiger partial charge in [0, 0.05) is 11.6 Å². The van der Waals surface area contributed by atoms with E-state index in [0.717, 1.165) is 0 Å². The van der Waals surface area contributed by atoms with Crippen molar-refractivity contribution in [2.45, 2.75) is 0 Å². The first-order chi connectivity index (χ1) is 5.77. The fourth-order valence-corrected chi connectivity index (χ4v) is 1.10. The molecule has 0 saturated carbocycles.